The van der Waals surface area contributed by atoms with Gasteiger partial charge in [-0.25, -0.2) is 22.9 Å². The van der Waals surface area contributed by atoms with Crippen molar-refractivity contribution in [2.45, 2.75) is 19.3 Å². The van der Waals surface area contributed by atoms with E-state index in [1.54, 1.807) is 30.4 Å². The fourth-order valence-corrected chi connectivity index (χ4v) is 4.19. The number of hydrogen-bond acceptors (Lipinski definition) is 2. The van der Waals surface area contributed by atoms with Gasteiger partial charge in [-0.3, -0.25) is 0 Å². The first-order chi connectivity index (χ1) is 17.7. The van der Waals surface area contributed by atoms with E-state index in [0.29, 0.717) is 23.3 Å². The molecule has 0 saturated heterocycles. The van der Waals surface area contributed by atoms with Crippen LogP contribution in [0.1, 0.15) is 40.2 Å². The Kier molecular flexibility index (Phi) is 7.64. The molecule has 3 aromatic carbocycles. The number of H-pyrrole nitrogens is 1. The van der Waals surface area contributed by atoms with Gasteiger partial charge in [0.2, 0.25) is 0 Å². The number of carboxylic acids is 1. The van der Waals surface area contributed by atoms with Crippen LogP contribution in [0.4, 0.5) is 13.2 Å². The third-order valence-corrected chi connectivity index (χ3v) is 6.35. The van der Waals surface area contributed by atoms with Gasteiger partial charge < -0.3 is 10.1 Å². The Balaban J connectivity index is 1.78. The molecule has 0 bridgehead atoms. The quantitative estimate of drug-likeness (QED) is 0.183. The number of aromatic carboxylic acids is 1. The molecule has 4 aromatic rings. The maximum Gasteiger partial charge on any atom is 0.335 e. The highest BCUT2D eigenvalue weighted by Gasteiger charge is 2.20. The summed E-state index contributed by atoms with van der Waals surface area (Å²) >= 11 is 5.86. The Morgan fingerprint density at radius 2 is 1.84 bits per heavy atom. The molecule has 0 saturated carbocycles. The maximum absolute atomic E-state index is 14.6. The van der Waals surface area contributed by atoms with Crippen molar-refractivity contribution >= 4 is 34.2 Å². The minimum Gasteiger partial charge on any atom is -0.478 e. The second-order valence-electron chi connectivity index (χ2n) is 8.50. The maximum atomic E-state index is 14.6. The van der Waals surface area contributed by atoms with Crippen molar-refractivity contribution in [3.05, 3.63) is 130 Å². The molecule has 188 valence electrons. The van der Waals surface area contributed by atoms with Gasteiger partial charge >= 0.3 is 5.97 Å². The third-order valence-electron chi connectivity index (χ3n) is 6.06. The largest absolute Gasteiger partial charge is 0.478 e. The molecule has 8 heteroatoms. The standard InChI is InChI=1S/C29H22ClF3N2O2/c1-3-18(26-23(32)12-11-22(30)27(26)33)7-4-16(2)21(14-17-5-9-20(31)10-6-17)28-34-24-13-8-19(29(36)37)15-25(24)35-28/h3-13,15,21H,1,14H2,2H3,(H,34,35)(H,36,37)/b16-4+,18-7+/t21-/m0/s1. The number of aromatic amines is 1. The van der Waals surface area contributed by atoms with Crippen molar-refractivity contribution in [3.8, 4) is 0 Å². The van der Waals surface area contributed by atoms with E-state index in [2.05, 4.69) is 16.5 Å². The van der Waals surface area contributed by atoms with Gasteiger partial charge in [0.1, 0.15) is 17.5 Å². The summed E-state index contributed by atoms with van der Waals surface area (Å²) < 4.78 is 42.5. The number of aromatic nitrogens is 2. The number of carboxylic acid groups (broad SMARTS) is 1. The summed E-state index contributed by atoms with van der Waals surface area (Å²) in [7, 11) is 0. The van der Waals surface area contributed by atoms with Crippen molar-refractivity contribution in [1.82, 2.24) is 9.97 Å². The molecule has 1 atom stereocenters. The lowest BCUT2D eigenvalue weighted by molar-refractivity contribution is 0.0697. The molecular formula is C29H22ClF3N2O2. The molecule has 2 N–H and O–H groups in total. The predicted octanol–water partition coefficient (Wildman–Crippen LogP) is 7.87. The summed E-state index contributed by atoms with van der Waals surface area (Å²) in [5.74, 6) is -2.86. The van der Waals surface area contributed by atoms with Crippen LogP contribution >= 0.6 is 11.6 Å². The minimum atomic E-state index is -1.06. The van der Waals surface area contributed by atoms with E-state index in [9.17, 15) is 23.1 Å². The number of nitrogens with one attached hydrogen (secondary N) is 1. The second kappa shape index (κ2) is 10.9. The number of allylic oxidation sites excluding steroid dienone is 5. The highest BCUT2D eigenvalue weighted by molar-refractivity contribution is 6.31. The average molecular weight is 523 g/mol. The normalized spacial score (nSPS) is 13.1. The zero-order valence-corrected chi connectivity index (χ0v) is 20.5. The van der Waals surface area contributed by atoms with Crippen molar-refractivity contribution in [2.24, 2.45) is 0 Å². The van der Waals surface area contributed by atoms with E-state index in [4.69, 9.17) is 11.6 Å². The van der Waals surface area contributed by atoms with Crippen LogP contribution in [-0.4, -0.2) is 21.0 Å². The van der Waals surface area contributed by atoms with Crippen LogP contribution in [0.5, 0.6) is 0 Å². The van der Waals surface area contributed by atoms with Gasteiger partial charge in [0.05, 0.1) is 27.2 Å². The number of nitrogens with zero attached hydrogens (tertiary/aromatic N) is 1. The van der Waals surface area contributed by atoms with E-state index < -0.39 is 17.6 Å². The summed E-state index contributed by atoms with van der Waals surface area (Å²) in [6.45, 7) is 5.52. The van der Waals surface area contributed by atoms with Crippen molar-refractivity contribution < 1.29 is 23.1 Å². The summed E-state index contributed by atoms with van der Waals surface area (Å²) in [4.78, 5) is 19.2. The van der Waals surface area contributed by atoms with Crippen LogP contribution in [0.2, 0.25) is 5.02 Å². The van der Waals surface area contributed by atoms with Gasteiger partial charge in [-0.05, 0) is 66.9 Å². The lowest BCUT2D eigenvalue weighted by Gasteiger charge is -2.16. The Labute approximate surface area is 216 Å². The predicted molar refractivity (Wildman–Crippen MR) is 139 cm³/mol. The molecule has 0 aliphatic carbocycles. The first kappa shape index (κ1) is 26.0. The van der Waals surface area contributed by atoms with Crippen LogP contribution in [-0.2, 0) is 6.42 Å². The first-order valence-electron chi connectivity index (χ1n) is 11.3. The summed E-state index contributed by atoms with van der Waals surface area (Å²) in [5, 5.41) is 9.10. The van der Waals surface area contributed by atoms with E-state index in [1.807, 2.05) is 6.92 Å². The van der Waals surface area contributed by atoms with Crippen LogP contribution < -0.4 is 0 Å². The fourth-order valence-electron chi connectivity index (χ4n) is 4.04. The van der Waals surface area contributed by atoms with E-state index >= 15 is 0 Å². The highest BCUT2D eigenvalue weighted by Crippen LogP contribution is 2.31. The fraction of sp³-hybridized carbons (Fsp3) is 0.103. The van der Waals surface area contributed by atoms with Crippen molar-refractivity contribution in [3.63, 3.8) is 0 Å². The van der Waals surface area contributed by atoms with Gasteiger partial charge in [-0.1, -0.05) is 54.1 Å². The zero-order valence-electron chi connectivity index (χ0n) is 19.7. The number of benzene rings is 3. The van der Waals surface area contributed by atoms with Gasteiger partial charge in [-0.15, -0.1) is 0 Å². The number of halogens is 4. The van der Waals surface area contributed by atoms with Crippen LogP contribution in [0, 0.1) is 17.5 Å². The lowest BCUT2D eigenvalue weighted by atomic mass is 9.91. The molecule has 0 aliphatic heterocycles. The molecule has 0 unspecified atom stereocenters. The average Bonchev–Trinajstić information content (AvgIpc) is 3.30. The molecule has 4 nitrogen and oxygen atoms in total. The van der Waals surface area contributed by atoms with Crippen molar-refractivity contribution in [2.75, 3.05) is 0 Å². The summed E-state index contributed by atoms with van der Waals surface area (Å²) in [6.07, 6.45) is 5.03. The third kappa shape index (κ3) is 5.67. The van der Waals surface area contributed by atoms with Crippen LogP contribution in [0.25, 0.3) is 16.6 Å². The number of fused-ring (bicyclic) bond motifs is 1. The van der Waals surface area contributed by atoms with Crippen LogP contribution in [0.15, 0.2) is 85.0 Å². The molecule has 0 spiro atoms. The number of rotatable bonds is 8. The number of imidazole rings is 1. The molecular weight excluding hydrogens is 501 g/mol. The zero-order chi connectivity index (χ0) is 26.7. The highest BCUT2D eigenvalue weighted by atomic mass is 35.5. The SMILES string of the molecule is C=C/C(=C\C=C(/C)[C@H](Cc1ccc(F)cc1)c1nc2cc(C(=O)O)ccc2[nH]1)c1c(F)ccc(Cl)c1F. The Morgan fingerprint density at radius 3 is 2.51 bits per heavy atom. The Morgan fingerprint density at radius 1 is 1.11 bits per heavy atom. The molecule has 37 heavy (non-hydrogen) atoms. The van der Waals surface area contributed by atoms with Gasteiger partial charge in [-0.2, -0.15) is 0 Å². The number of carbonyl (C=O) groups is 1. The topological polar surface area (TPSA) is 66.0 Å². The molecule has 0 fully saturated rings. The van der Waals surface area contributed by atoms with Gasteiger partial charge in [0, 0.05) is 5.92 Å². The number of hydrogen-bond donors (Lipinski definition) is 2. The van der Waals surface area contributed by atoms with E-state index in [1.165, 1.54) is 30.3 Å². The molecule has 0 aliphatic rings. The van der Waals surface area contributed by atoms with Crippen LogP contribution in [0.3, 0.4) is 0 Å². The summed E-state index contributed by atoms with van der Waals surface area (Å²) in [6, 6.07) is 12.9. The minimum absolute atomic E-state index is 0.108. The molecule has 0 amide bonds. The monoisotopic (exact) mass is 522 g/mol. The molecule has 1 heterocycles. The first-order valence-corrected chi connectivity index (χ1v) is 11.7. The molecule has 4 rings (SSSR count). The molecule has 0 radical (unpaired) electrons. The van der Waals surface area contributed by atoms with E-state index in [0.717, 1.165) is 23.3 Å². The smallest absolute Gasteiger partial charge is 0.335 e. The summed E-state index contributed by atoms with van der Waals surface area (Å²) in [5.41, 5.74) is 2.78. The second-order valence-corrected chi connectivity index (χ2v) is 8.90. The Bertz CT molecular complexity index is 1560. The Hall–Kier alpha value is -4.10. The van der Waals surface area contributed by atoms with E-state index in [-0.39, 0.29) is 33.5 Å². The van der Waals surface area contributed by atoms with Gasteiger partial charge in [0.15, 0.2) is 5.82 Å². The molecule has 1 aromatic heterocycles. The van der Waals surface area contributed by atoms with Gasteiger partial charge in [0.25, 0.3) is 0 Å². The van der Waals surface area contributed by atoms with Crippen molar-refractivity contribution in [1.29, 1.82) is 0 Å². The lowest BCUT2D eigenvalue weighted by Crippen LogP contribution is -2.07.